The summed E-state index contributed by atoms with van der Waals surface area (Å²) < 4.78 is 8.15. The Kier molecular flexibility index (Phi) is 6.75. The molecule has 124 valence electrons. The molecule has 2 rings (SSSR count). The second-order valence-electron chi connectivity index (χ2n) is 5.63. The fourth-order valence-corrected chi connectivity index (χ4v) is 3.21. The molecule has 1 N–H and O–H groups in total. The predicted molar refractivity (Wildman–Crippen MR) is 94.4 cm³/mol. The van der Waals surface area contributed by atoms with Crippen LogP contribution < -0.4 is 10.0 Å². The van der Waals surface area contributed by atoms with Crippen LogP contribution in [0.4, 0.5) is 5.69 Å². The average molecular weight is 353 g/mol. The first-order chi connectivity index (χ1) is 11.0. The number of hydrogen-bond donors (Lipinski definition) is 1. The number of rotatable bonds is 5. The summed E-state index contributed by atoms with van der Waals surface area (Å²) in [5.41, 5.74) is 1.66. The molecule has 0 saturated carbocycles. The SMILES string of the molecule is Cc1cc(P)c(N=C=O)cc1C(=O)NSON1CCC(C)CC1. The number of carbonyl (C=O) groups excluding carboxylic acids is 2. The Morgan fingerprint density at radius 3 is 2.83 bits per heavy atom. The minimum absolute atomic E-state index is 0.287. The molecular weight excluding hydrogens is 333 g/mol. The van der Waals surface area contributed by atoms with Crippen molar-refractivity contribution in [1.82, 2.24) is 9.79 Å². The number of hydroxylamine groups is 2. The Bertz CT molecular complexity index is 627. The summed E-state index contributed by atoms with van der Waals surface area (Å²) in [5.74, 6) is 0.435. The lowest BCUT2D eigenvalue weighted by atomic mass is 10.0. The number of aliphatic imine (C=N–C) groups is 1. The third kappa shape index (κ3) is 5.13. The van der Waals surface area contributed by atoms with Crippen molar-refractivity contribution in [3.63, 3.8) is 0 Å². The van der Waals surface area contributed by atoms with Crippen molar-refractivity contribution in [2.24, 2.45) is 10.9 Å². The summed E-state index contributed by atoms with van der Waals surface area (Å²) in [6, 6.07) is 3.36. The second kappa shape index (κ2) is 8.57. The van der Waals surface area contributed by atoms with Crippen molar-refractivity contribution in [2.45, 2.75) is 26.7 Å². The lowest BCUT2D eigenvalue weighted by molar-refractivity contribution is -0.0622. The van der Waals surface area contributed by atoms with E-state index in [1.54, 1.807) is 12.1 Å². The second-order valence-corrected chi connectivity index (χ2v) is 6.77. The largest absolute Gasteiger partial charge is 0.271 e. The minimum atomic E-state index is -0.287. The van der Waals surface area contributed by atoms with E-state index in [0.717, 1.165) is 54.9 Å². The van der Waals surface area contributed by atoms with Crippen LogP contribution in [0.2, 0.25) is 0 Å². The Morgan fingerprint density at radius 1 is 1.48 bits per heavy atom. The molecule has 6 nitrogen and oxygen atoms in total. The van der Waals surface area contributed by atoms with Gasteiger partial charge in [0.1, 0.15) is 12.2 Å². The molecule has 1 heterocycles. The van der Waals surface area contributed by atoms with Gasteiger partial charge >= 0.3 is 0 Å². The van der Waals surface area contributed by atoms with E-state index in [0.29, 0.717) is 11.3 Å². The van der Waals surface area contributed by atoms with Crippen molar-refractivity contribution in [1.29, 1.82) is 0 Å². The molecule has 1 aromatic carbocycles. The van der Waals surface area contributed by atoms with E-state index in [4.69, 9.17) is 4.28 Å². The normalized spacial score (nSPS) is 16.0. The summed E-state index contributed by atoms with van der Waals surface area (Å²) in [7, 11) is 2.49. The van der Waals surface area contributed by atoms with Crippen LogP contribution in [-0.2, 0) is 9.08 Å². The summed E-state index contributed by atoms with van der Waals surface area (Å²) in [5, 5.41) is 2.60. The molecule has 1 saturated heterocycles. The van der Waals surface area contributed by atoms with Gasteiger partial charge in [-0.2, -0.15) is 10.1 Å². The maximum atomic E-state index is 12.2. The number of nitrogens with one attached hydrogen (secondary N) is 1. The van der Waals surface area contributed by atoms with Gasteiger partial charge in [0.2, 0.25) is 6.08 Å². The lowest BCUT2D eigenvalue weighted by Crippen LogP contribution is -2.32. The number of amides is 1. The monoisotopic (exact) mass is 353 g/mol. The van der Waals surface area contributed by atoms with E-state index in [1.807, 2.05) is 12.0 Å². The lowest BCUT2D eigenvalue weighted by Gasteiger charge is -2.27. The molecule has 1 aromatic rings. The topological polar surface area (TPSA) is 71.0 Å². The first-order valence-corrected chi connectivity index (χ1v) is 8.70. The van der Waals surface area contributed by atoms with Gasteiger partial charge in [-0.05, 0) is 48.7 Å². The van der Waals surface area contributed by atoms with E-state index >= 15 is 0 Å². The number of piperidine rings is 1. The summed E-state index contributed by atoms with van der Waals surface area (Å²) in [6.07, 6.45) is 3.68. The third-order valence-corrected chi connectivity index (χ3v) is 4.82. The number of benzene rings is 1. The van der Waals surface area contributed by atoms with Crippen LogP contribution in [-0.4, -0.2) is 30.1 Å². The fraction of sp³-hybridized carbons (Fsp3) is 0.467. The van der Waals surface area contributed by atoms with Crippen LogP contribution in [0.3, 0.4) is 0 Å². The molecule has 23 heavy (non-hydrogen) atoms. The number of hydrogen-bond acceptors (Lipinski definition) is 6. The van der Waals surface area contributed by atoms with E-state index in [9.17, 15) is 9.59 Å². The van der Waals surface area contributed by atoms with E-state index < -0.39 is 0 Å². The van der Waals surface area contributed by atoms with Crippen LogP contribution >= 0.6 is 21.5 Å². The maximum Gasteiger partial charge on any atom is 0.263 e. The van der Waals surface area contributed by atoms with Crippen molar-refractivity contribution in [2.75, 3.05) is 13.1 Å². The van der Waals surface area contributed by atoms with Gasteiger partial charge in [0.25, 0.3) is 5.91 Å². The zero-order valence-electron chi connectivity index (χ0n) is 13.2. The molecule has 1 unspecified atom stereocenters. The highest BCUT2D eigenvalue weighted by atomic mass is 32.2. The van der Waals surface area contributed by atoms with Crippen LogP contribution in [0.5, 0.6) is 0 Å². The highest BCUT2D eigenvalue weighted by Crippen LogP contribution is 2.20. The summed E-state index contributed by atoms with van der Waals surface area (Å²) in [4.78, 5) is 26.3. The van der Waals surface area contributed by atoms with Gasteiger partial charge in [0.15, 0.2) is 0 Å². The van der Waals surface area contributed by atoms with Gasteiger partial charge in [-0.25, -0.2) is 9.08 Å². The molecule has 0 bridgehead atoms. The molecule has 0 spiro atoms. The van der Waals surface area contributed by atoms with Crippen molar-refractivity contribution < 1.29 is 13.9 Å². The standard InChI is InChI=1S/C15H20N3O3PS/c1-10-3-5-18(6-4-10)21-23-17-15(20)12-8-13(16-9-19)14(22)7-11(12)2/h7-8,10H,3-6,22H2,1-2H3,(H,17,20). The number of aryl methyl sites for hydroxylation is 1. The Hall–Kier alpha value is -1.23. The van der Waals surface area contributed by atoms with E-state index in [-0.39, 0.29) is 5.91 Å². The highest BCUT2D eigenvalue weighted by Gasteiger charge is 2.18. The number of carbonyl (C=O) groups is 1. The maximum absolute atomic E-state index is 12.2. The van der Waals surface area contributed by atoms with Crippen molar-refractivity contribution >= 4 is 44.4 Å². The van der Waals surface area contributed by atoms with E-state index in [2.05, 4.69) is 25.9 Å². The zero-order chi connectivity index (χ0) is 16.8. The molecule has 1 aliphatic rings. The fourth-order valence-electron chi connectivity index (χ4n) is 2.33. The van der Waals surface area contributed by atoms with Gasteiger partial charge in [-0.15, -0.1) is 9.24 Å². The van der Waals surface area contributed by atoms with Gasteiger partial charge in [-0.3, -0.25) is 9.52 Å². The predicted octanol–water partition coefficient (Wildman–Crippen LogP) is 2.42. The Labute approximate surface area is 142 Å². The van der Waals surface area contributed by atoms with Gasteiger partial charge in [0, 0.05) is 18.7 Å². The van der Waals surface area contributed by atoms with Crippen LogP contribution in [0, 0.1) is 12.8 Å². The molecule has 0 aliphatic carbocycles. The average Bonchev–Trinajstić information content (AvgIpc) is 2.52. The molecule has 1 fully saturated rings. The van der Waals surface area contributed by atoms with Crippen LogP contribution in [0.15, 0.2) is 17.1 Å². The molecule has 0 aromatic heterocycles. The molecule has 1 aliphatic heterocycles. The van der Waals surface area contributed by atoms with Crippen LogP contribution in [0.1, 0.15) is 35.7 Å². The summed E-state index contributed by atoms with van der Waals surface area (Å²) >= 11 is 0.909. The Balaban J connectivity index is 1.93. The minimum Gasteiger partial charge on any atom is -0.271 e. The van der Waals surface area contributed by atoms with Gasteiger partial charge in [-0.1, -0.05) is 6.92 Å². The molecular formula is C15H20N3O3PS. The molecule has 0 radical (unpaired) electrons. The van der Waals surface area contributed by atoms with Crippen LogP contribution in [0.25, 0.3) is 0 Å². The smallest absolute Gasteiger partial charge is 0.263 e. The van der Waals surface area contributed by atoms with Gasteiger partial charge in [0.05, 0.1) is 5.69 Å². The van der Waals surface area contributed by atoms with E-state index in [1.165, 1.54) is 6.08 Å². The first kappa shape index (κ1) is 18.1. The molecule has 1 atom stereocenters. The van der Waals surface area contributed by atoms with Crippen molar-refractivity contribution in [3.05, 3.63) is 23.3 Å². The van der Waals surface area contributed by atoms with Crippen molar-refractivity contribution in [3.8, 4) is 0 Å². The quantitative estimate of drug-likeness (QED) is 0.289. The molecule has 8 heteroatoms. The number of nitrogens with zero attached hydrogens (tertiary/aromatic N) is 2. The highest BCUT2D eigenvalue weighted by molar-refractivity contribution is 7.93. The molecule has 1 amide bonds. The zero-order valence-corrected chi connectivity index (χ0v) is 15.1. The Morgan fingerprint density at radius 2 is 2.17 bits per heavy atom. The third-order valence-electron chi connectivity index (χ3n) is 3.80. The first-order valence-electron chi connectivity index (χ1n) is 7.38. The van der Waals surface area contributed by atoms with Gasteiger partial charge < -0.3 is 0 Å². The number of isocyanates is 1. The summed E-state index contributed by atoms with van der Waals surface area (Å²) in [6.45, 7) is 5.78.